The quantitative estimate of drug-likeness (QED) is 0.0380. The number of carbonyl (C=O) groups excluding carboxylic acids is 2. The Kier molecular flexibility index (Phi) is 44.3. The van der Waals surface area contributed by atoms with Crippen LogP contribution in [-0.2, 0) is 19.1 Å². The van der Waals surface area contributed by atoms with Gasteiger partial charge in [0.15, 0.2) is 0 Å². The fourth-order valence-electron chi connectivity index (χ4n) is 7.46. The first-order valence-electron chi connectivity index (χ1n) is 24.1. The largest absolute Gasteiger partial charge is 1.00 e. The number of unbranched alkanes of at least 4 members (excludes halogenated alkanes) is 36. The fraction of sp³-hybridized carbons (Fsp3) is 0.958. The first kappa shape index (κ1) is 55.3. The van der Waals surface area contributed by atoms with E-state index in [2.05, 4.69) is 13.8 Å². The highest BCUT2D eigenvalue weighted by Crippen LogP contribution is 2.18. The van der Waals surface area contributed by atoms with E-state index in [9.17, 15) is 9.59 Å². The summed E-state index contributed by atoms with van der Waals surface area (Å²) in [6.07, 6.45) is 51.5. The highest BCUT2D eigenvalue weighted by Gasteiger charge is 2.40. The number of halogens is 1. The molecule has 0 unspecified atom stereocenters. The lowest BCUT2D eigenvalue weighted by molar-refractivity contribution is -0.966. The Hall–Kier alpha value is -0.810. The predicted molar refractivity (Wildman–Crippen MR) is 229 cm³/mol. The molecule has 54 heavy (non-hydrogen) atoms. The first-order chi connectivity index (χ1) is 25.9. The van der Waals surface area contributed by atoms with Gasteiger partial charge in [-0.15, -0.1) is 0 Å². The molecule has 0 aliphatic heterocycles. The summed E-state index contributed by atoms with van der Waals surface area (Å²) in [5.41, 5.74) is 0. The van der Waals surface area contributed by atoms with Gasteiger partial charge >= 0.3 is 17.8 Å². The highest BCUT2D eigenvalue weighted by atomic mass is 35.5. The molecule has 0 aliphatic rings. The normalized spacial score (nSPS) is 11.6. The van der Waals surface area contributed by atoms with Crippen LogP contribution in [0.1, 0.15) is 278 Å². The second-order valence-corrected chi connectivity index (χ2v) is 17.1. The van der Waals surface area contributed by atoms with E-state index < -0.39 is 5.91 Å². The van der Waals surface area contributed by atoms with Crippen molar-refractivity contribution in [1.82, 2.24) is 0 Å². The van der Waals surface area contributed by atoms with Gasteiger partial charge in [0.25, 0.3) is 0 Å². The van der Waals surface area contributed by atoms with Gasteiger partial charge in [0, 0.05) is 12.8 Å². The number of hydrogen-bond acceptors (Lipinski definition) is 4. The van der Waals surface area contributed by atoms with Crippen molar-refractivity contribution in [1.29, 1.82) is 0 Å². The molecule has 324 valence electrons. The van der Waals surface area contributed by atoms with Crippen molar-refractivity contribution in [2.45, 2.75) is 284 Å². The number of rotatable bonds is 43. The summed E-state index contributed by atoms with van der Waals surface area (Å²) in [4.78, 5) is 26.1. The smallest absolute Gasteiger partial charge is 0.403 e. The maximum Gasteiger partial charge on any atom is 0.403 e. The molecule has 5 nitrogen and oxygen atoms in total. The van der Waals surface area contributed by atoms with Crippen LogP contribution in [-0.4, -0.2) is 31.9 Å². The molecule has 1 N–H and O–H groups in total. The molecule has 0 aromatic carbocycles. The molecule has 0 aliphatic carbocycles. The molecular weight excluding hydrogens is 690 g/mol. The lowest BCUT2D eigenvalue weighted by Crippen LogP contribution is -3.15. The Labute approximate surface area is 344 Å². The van der Waals surface area contributed by atoms with Crippen LogP contribution in [0.2, 0.25) is 0 Å². The Morgan fingerprint density at radius 3 is 0.685 bits per heavy atom. The Morgan fingerprint density at radius 1 is 0.352 bits per heavy atom. The van der Waals surface area contributed by atoms with Crippen molar-refractivity contribution in [3.05, 3.63) is 0 Å². The zero-order chi connectivity index (χ0) is 38.9. The van der Waals surface area contributed by atoms with E-state index in [1.807, 2.05) is 14.1 Å². The zero-order valence-corrected chi connectivity index (χ0v) is 38.1. The van der Waals surface area contributed by atoms with Crippen molar-refractivity contribution in [2.24, 2.45) is 0 Å². The minimum atomic E-state index is -1.27. The summed E-state index contributed by atoms with van der Waals surface area (Å²) in [5.74, 6) is -1.80. The Morgan fingerprint density at radius 2 is 0.519 bits per heavy atom. The van der Waals surface area contributed by atoms with Gasteiger partial charge in [0.1, 0.15) is 0 Å². The third-order valence-corrected chi connectivity index (χ3v) is 11.5. The molecule has 0 rings (SSSR count). The molecule has 0 atom stereocenters. The minimum absolute atomic E-state index is 0. The second-order valence-electron chi connectivity index (χ2n) is 17.1. The molecule has 0 saturated carbocycles. The summed E-state index contributed by atoms with van der Waals surface area (Å²) in [7, 11) is 3.74. The van der Waals surface area contributed by atoms with Crippen molar-refractivity contribution < 1.29 is 36.4 Å². The first-order valence-corrected chi connectivity index (χ1v) is 24.1. The number of ether oxygens (including phenoxy) is 2. The van der Waals surface area contributed by atoms with Crippen molar-refractivity contribution in [3.63, 3.8) is 0 Å². The molecule has 0 bridgehead atoms. The highest BCUT2D eigenvalue weighted by molar-refractivity contribution is 5.71. The Bertz CT molecular complexity index is 720. The molecule has 0 radical (unpaired) electrons. The molecule has 0 spiro atoms. The van der Waals surface area contributed by atoms with E-state index >= 15 is 0 Å². The number of esters is 2. The lowest BCUT2D eigenvalue weighted by atomic mass is 10.0. The summed E-state index contributed by atoms with van der Waals surface area (Å²) in [6.45, 7) is 6.29. The molecule has 0 heterocycles. The second kappa shape index (κ2) is 43.3. The van der Waals surface area contributed by atoms with Gasteiger partial charge in [-0.2, -0.15) is 0 Å². The topological polar surface area (TPSA) is 57.0 Å². The van der Waals surface area contributed by atoms with Gasteiger partial charge in [-0.1, -0.05) is 245 Å². The van der Waals surface area contributed by atoms with Crippen LogP contribution < -0.4 is 17.3 Å². The summed E-state index contributed by atoms with van der Waals surface area (Å²) < 4.78 is 11.5. The van der Waals surface area contributed by atoms with Gasteiger partial charge < -0.3 is 21.9 Å². The maximum absolute atomic E-state index is 12.6. The van der Waals surface area contributed by atoms with Crippen LogP contribution in [0.15, 0.2) is 0 Å². The molecule has 0 fully saturated rings. The zero-order valence-electron chi connectivity index (χ0n) is 37.3. The van der Waals surface area contributed by atoms with Crippen LogP contribution >= 0.6 is 0 Å². The van der Waals surface area contributed by atoms with Gasteiger partial charge in [-0.05, 0) is 12.8 Å². The summed E-state index contributed by atoms with van der Waals surface area (Å²) in [6, 6.07) is 0. The maximum atomic E-state index is 12.6. The van der Waals surface area contributed by atoms with Crippen LogP contribution in [0.5, 0.6) is 0 Å². The van der Waals surface area contributed by atoms with Gasteiger partial charge in [0.2, 0.25) is 0 Å². The fourth-order valence-corrected chi connectivity index (χ4v) is 7.46. The van der Waals surface area contributed by atoms with E-state index in [-0.39, 0.29) is 24.3 Å². The molecular formula is C48H96ClNO4. The van der Waals surface area contributed by atoms with Crippen molar-refractivity contribution >= 4 is 11.9 Å². The average molecular weight is 787 g/mol. The summed E-state index contributed by atoms with van der Waals surface area (Å²) in [5, 5.41) is 0. The van der Waals surface area contributed by atoms with E-state index in [1.165, 1.54) is 218 Å². The standard InChI is InChI=1S/C48H95NO4.ClH/c1-6-8-10-12-14-16-18-20-22-24-26-28-30-32-34-36-38-40-42-44-46(50)52-48(3,49(4)5)53-47(51)45-43-41-39-37-35-33-31-29-27-25-23-21-19-17-15-13-11-9-7-2;/h6-45H2,1-5H3;1H. The number of quaternary nitrogens is 1. The number of nitrogens with one attached hydrogen (secondary N) is 1. The van der Waals surface area contributed by atoms with E-state index in [4.69, 9.17) is 9.47 Å². The van der Waals surface area contributed by atoms with E-state index in [0.29, 0.717) is 12.8 Å². The van der Waals surface area contributed by atoms with Gasteiger partial charge in [-0.3, -0.25) is 14.5 Å². The van der Waals surface area contributed by atoms with Crippen LogP contribution in [0.3, 0.4) is 0 Å². The third kappa shape index (κ3) is 39.4. The van der Waals surface area contributed by atoms with Crippen LogP contribution in [0.25, 0.3) is 0 Å². The van der Waals surface area contributed by atoms with Crippen LogP contribution in [0, 0.1) is 0 Å². The molecule has 6 heteroatoms. The van der Waals surface area contributed by atoms with Gasteiger partial charge in [-0.25, -0.2) is 0 Å². The lowest BCUT2D eigenvalue weighted by Gasteiger charge is -2.30. The number of hydrogen-bond donors (Lipinski definition) is 1. The number of carbonyl (C=O) groups is 2. The van der Waals surface area contributed by atoms with Crippen molar-refractivity contribution in [3.8, 4) is 0 Å². The molecule has 0 saturated heterocycles. The third-order valence-electron chi connectivity index (χ3n) is 11.5. The average Bonchev–Trinajstić information content (AvgIpc) is 3.13. The monoisotopic (exact) mass is 786 g/mol. The molecule has 0 aromatic rings. The van der Waals surface area contributed by atoms with Crippen molar-refractivity contribution in [2.75, 3.05) is 14.1 Å². The van der Waals surface area contributed by atoms with E-state index in [0.717, 1.165) is 30.6 Å². The predicted octanol–water partition coefficient (Wildman–Crippen LogP) is 11.5. The van der Waals surface area contributed by atoms with Crippen LogP contribution in [0.4, 0.5) is 0 Å². The minimum Gasteiger partial charge on any atom is -1.00 e. The molecule has 0 aromatic heterocycles. The molecule has 0 amide bonds. The summed E-state index contributed by atoms with van der Waals surface area (Å²) >= 11 is 0. The van der Waals surface area contributed by atoms with Gasteiger partial charge in [0.05, 0.1) is 21.0 Å². The Balaban J connectivity index is 0. The van der Waals surface area contributed by atoms with E-state index in [1.54, 1.807) is 6.92 Å². The SMILES string of the molecule is CCCCCCCCCCCCCCCCCCCCCC(=O)OC(C)(OC(=O)CCCCCCCCCCCCCCCCCCCCC)[NH+](C)C.[Cl-].